The Morgan fingerprint density at radius 1 is 0.626 bits per heavy atom. The lowest BCUT2D eigenvalue weighted by Gasteiger charge is -2.41. The smallest absolute Gasteiger partial charge is 0.343 e. The number of fused-ring (bicyclic) bond motifs is 1. The van der Waals surface area contributed by atoms with E-state index in [-0.39, 0.29) is 69.7 Å². The van der Waals surface area contributed by atoms with Crippen LogP contribution in [0.3, 0.4) is 0 Å². The summed E-state index contributed by atoms with van der Waals surface area (Å²) in [5.74, 6) is -8.43. The zero-order chi connectivity index (χ0) is 73.4. The average Bonchev–Trinajstić information content (AvgIpc) is 1.67. The third kappa shape index (κ3) is 21.0. The van der Waals surface area contributed by atoms with E-state index in [2.05, 4.69) is 16.0 Å². The summed E-state index contributed by atoms with van der Waals surface area (Å²) in [5.41, 5.74) is -2.34. The number of nitrogens with one attached hydrogen (secondary N) is 3. The lowest BCUT2D eigenvalue weighted by atomic mass is 9.84. The molecule has 5 aliphatic rings. The zero-order valence-electron chi connectivity index (χ0n) is 60.4. The number of rotatable bonds is 13. The number of halogens is 4. The molecule has 0 bridgehead atoms. The third-order valence-corrected chi connectivity index (χ3v) is 21.5. The fourth-order valence-corrected chi connectivity index (χ4v) is 14.9. The van der Waals surface area contributed by atoms with Crippen LogP contribution in [0.15, 0.2) is 18.2 Å². The van der Waals surface area contributed by atoms with Crippen molar-refractivity contribution in [1.82, 2.24) is 60.0 Å². The van der Waals surface area contributed by atoms with Gasteiger partial charge in [0.15, 0.2) is 0 Å². The van der Waals surface area contributed by atoms with E-state index in [1.165, 1.54) is 79.9 Å². The van der Waals surface area contributed by atoms with Gasteiger partial charge in [0.1, 0.15) is 47.8 Å². The molecule has 99 heavy (non-hydrogen) atoms. The van der Waals surface area contributed by atoms with Gasteiger partial charge in [-0.1, -0.05) is 116 Å². The van der Waals surface area contributed by atoms with Gasteiger partial charge in [0.2, 0.25) is 70.9 Å². The Balaban J connectivity index is 1.42. The Labute approximate surface area is 587 Å². The van der Waals surface area contributed by atoms with E-state index in [1.54, 1.807) is 11.8 Å². The van der Waals surface area contributed by atoms with Gasteiger partial charge in [0, 0.05) is 69.0 Å². The van der Waals surface area contributed by atoms with Crippen molar-refractivity contribution >= 4 is 82.5 Å². The second-order valence-electron chi connectivity index (χ2n) is 29.0. The first-order valence-electron chi connectivity index (χ1n) is 35.8. The highest BCUT2D eigenvalue weighted by Crippen LogP contribution is 2.37. The minimum Gasteiger partial charge on any atom is -0.343 e. The minimum atomic E-state index is -4.76. The number of likely N-dealkylation sites (N-methyl/N-ethyl adjacent to an activating group) is 7. The van der Waals surface area contributed by atoms with Crippen molar-refractivity contribution in [3.05, 3.63) is 34.3 Å². The Kier molecular flexibility index (Phi) is 29.8. The van der Waals surface area contributed by atoms with Crippen molar-refractivity contribution in [2.45, 2.75) is 236 Å². The van der Waals surface area contributed by atoms with Crippen molar-refractivity contribution in [2.75, 3.05) is 88.6 Å². The highest BCUT2D eigenvalue weighted by atomic mass is 35.5. The van der Waals surface area contributed by atoms with Gasteiger partial charge in [0.05, 0.1) is 36.6 Å². The predicted octanol–water partition coefficient (Wildman–Crippen LogP) is 6.03. The van der Waals surface area contributed by atoms with Gasteiger partial charge in [-0.25, -0.2) is 0 Å². The van der Waals surface area contributed by atoms with Gasteiger partial charge in [-0.3, -0.25) is 57.5 Å². The van der Waals surface area contributed by atoms with Crippen molar-refractivity contribution in [1.29, 1.82) is 0 Å². The fourth-order valence-electron chi connectivity index (χ4n) is 14.6. The summed E-state index contributed by atoms with van der Waals surface area (Å²) in [7, 11) is 9.91. The van der Waals surface area contributed by atoms with Crippen LogP contribution in [0.1, 0.15) is 187 Å². The third-order valence-electron chi connectivity index (χ3n) is 21.2. The molecule has 28 heteroatoms. The first kappa shape index (κ1) is 80.9. The number of benzene rings is 1. The van der Waals surface area contributed by atoms with E-state index >= 15 is 19.2 Å². The summed E-state index contributed by atoms with van der Waals surface area (Å²) >= 11 is 6.15. The summed E-state index contributed by atoms with van der Waals surface area (Å²) in [6, 6.07) is -5.58. The summed E-state index contributed by atoms with van der Waals surface area (Å²) in [5, 5.41) is 8.12. The normalized spacial score (nSPS) is 26.0. The molecule has 0 unspecified atom stereocenters. The summed E-state index contributed by atoms with van der Waals surface area (Å²) in [6.07, 6.45) is 4.74. The van der Waals surface area contributed by atoms with E-state index in [0.717, 1.165) is 65.4 Å². The molecule has 2 aliphatic carbocycles. The number of likely N-dealkylation sites (tertiary alicyclic amines) is 1. The van der Waals surface area contributed by atoms with Crippen LogP contribution in [0, 0.1) is 17.8 Å². The average molecular weight is 1420 g/mol. The molecule has 3 heterocycles. The standard InChI is InChI=1S/C71H110ClF3N12O12/c1-13-15-27-53-66(96)84(11)56(67(97)86-35-22-17-23-36-86)41-58(89)82(9)54(38-45(3)4)62(92)77-61(46(5)14-2)68(98)81(8)43-59(90)79(6)44-60(91)83(10)55(40-47-25-18-16-19-26-47)65(95)80(7)42-57(88)76-51(32-30-48-29-31-49(50(72)39-48)71(73,74)75)64(94)87-37-24-28-52(87)63(93)78-70(33-20-21-34-70)69(99)85(53)12/h29,31,39,45-47,51-56,61H,13-28,30,32-38,40-44H2,1-12H3,(H,76,88)(H,77,92)(H,78,93)/t46-,51-,52-,53-,54-,55-,56-,61-/m0/s1. The molecule has 1 spiro atoms. The molecular formula is C71H110ClF3N12O12. The number of unbranched alkanes of at least 4 members (excludes halogenated alkanes) is 1. The largest absolute Gasteiger partial charge is 0.417 e. The van der Waals surface area contributed by atoms with Gasteiger partial charge >= 0.3 is 6.18 Å². The molecule has 0 aromatic heterocycles. The Bertz CT molecular complexity index is 3050. The molecule has 3 saturated heterocycles. The summed E-state index contributed by atoms with van der Waals surface area (Å²) in [6.45, 7) is 8.33. The number of amides is 12. The van der Waals surface area contributed by atoms with E-state index in [0.29, 0.717) is 70.0 Å². The summed E-state index contributed by atoms with van der Waals surface area (Å²) in [4.78, 5) is 189. The number of hydrogen-bond acceptors (Lipinski definition) is 12. The van der Waals surface area contributed by atoms with E-state index < -0.39 is 167 Å². The van der Waals surface area contributed by atoms with Crippen LogP contribution in [0.2, 0.25) is 5.02 Å². The quantitative estimate of drug-likeness (QED) is 0.204. The lowest BCUT2D eigenvalue weighted by Crippen LogP contribution is -2.64. The van der Waals surface area contributed by atoms with Crippen LogP contribution in [-0.4, -0.2) is 251 Å². The number of carbonyl (C=O) groups is 12. The van der Waals surface area contributed by atoms with E-state index in [9.17, 15) is 51.5 Å². The number of aryl methyl sites for hydroxylation is 1. The van der Waals surface area contributed by atoms with Crippen molar-refractivity contribution in [2.24, 2.45) is 17.8 Å². The van der Waals surface area contributed by atoms with Gasteiger partial charge in [0.25, 0.3) is 0 Å². The topological polar surface area (TPSA) is 270 Å². The van der Waals surface area contributed by atoms with Crippen molar-refractivity contribution in [3.63, 3.8) is 0 Å². The number of piperidine rings is 1. The maximum Gasteiger partial charge on any atom is 0.417 e. The van der Waals surface area contributed by atoms with Gasteiger partial charge in [-0.2, -0.15) is 13.2 Å². The Morgan fingerprint density at radius 3 is 1.85 bits per heavy atom. The van der Waals surface area contributed by atoms with Crippen LogP contribution < -0.4 is 16.0 Å². The number of alkyl halides is 3. The maximum absolute atomic E-state index is 15.5. The van der Waals surface area contributed by atoms with Gasteiger partial charge in [-0.15, -0.1) is 0 Å². The molecule has 5 fully saturated rings. The minimum absolute atomic E-state index is 0.0192. The Morgan fingerprint density at radius 2 is 1.24 bits per heavy atom. The molecule has 554 valence electrons. The summed E-state index contributed by atoms with van der Waals surface area (Å²) < 4.78 is 41.6. The molecule has 8 atom stereocenters. The molecule has 3 N–H and O–H groups in total. The predicted molar refractivity (Wildman–Crippen MR) is 367 cm³/mol. The molecule has 6 rings (SSSR count). The molecule has 2 saturated carbocycles. The Hall–Kier alpha value is -7.06. The second-order valence-corrected chi connectivity index (χ2v) is 29.4. The zero-order valence-corrected chi connectivity index (χ0v) is 61.2. The molecule has 3 aliphatic heterocycles. The van der Waals surface area contributed by atoms with Gasteiger partial charge in [-0.05, 0) is 112 Å². The van der Waals surface area contributed by atoms with Crippen LogP contribution in [-0.2, 0) is 70.1 Å². The molecule has 0 radical (unpaired) electrons. The lowest BCUT2D eigenvalue weighted by molar-refractivity contribution is -0.155. The molecule has 1 aromatic rings. The van der Waals surface area contributed by atoms with E-state index in [1.807, 2.05) is 27.7 Å². The second kappa shape index (κ2) is 36.5. The fraction of sp³-hybridized carbons (Fsp3) is 0.746. The maximum atomic E-state index is 15.5. The molecule has 1 aromatic carbocycles. The number of carbonyl (C=O) groups excluding carboxylic acids is 12. The van der Waals surface area contributed by atoms with E-state index in [4.69, 9.17) is 11.6 Å². The van der Waals surface area contributed by atoms with Crippen LogP contribution in [0.4, 0.5) is 13.2 Å². The first-order valence-corrected chi connectivity index (χ1v) is 36.2. The van der Waals surface area contributed by atoms with Crippen molar-refractivity contribution < 1.29 is 70.7 Å². The number of nitrogens with zero attached hydrogens (tertiary/aromatic N) is 9. The number of hydrogen-bond donors (Lipinski definition) is 3. The van der Waals surface area contributed by atoms with Crippen LogP contribution in [0.5, 0.6) is 0 Å². The monoisotopic (exact) mass is 1410 g/mol. The van der Waals surface area contributed by atoms with Crippen LogP contribution in [0.25, 0.3) is 0 Å². The van der Waals surface area contributed by atoms with Gasteiger partial charge < -0.3 is 60.0 Å². The van der Waals surface area contributed by atoms with Crippen LogP contribution >= 0.6 is 11.6 Å². The highest BCUT2D eigenvalue weighted by molar-refractivity contribution is 6.31. The molecular weight excluding hydrogens is 1310 g/mol. The van der Waals surface area contributed by atoms with Crippen molar-refractivity contribution in [3.8, 4) is 0 Å². The SMILES string of the molecule is CCCC[C@H]1C(=O)N(C)[C@H](C(=O)N2CCCCC2)CC(=O)N(C)[C@@H](CC(C)C)C(=O)N[C@@H]([C@@H](C)CC)C(=O)N(C)CC(=O)N(C)CC(=O)N(C)[C@@H](CC2CCCCC2)C(=O)N(C)CC(=O)N[C@@H](CCc2ccc(C(F)(F)F)c(Cl)c2)C(=O)N2CCC[C@H]2C(=O)NC2(CCCC2)C(=O)N1C. The highest BCUT2D eigenvalue weighted by Gasteiger charge is 2.50. The first-order chi connectivity index (χ1) is 46.7. The molecule has 24 nitrogen and oxygen atoms in total. The molecule has 12 amide bonds.